The lowest BCUT2D eigenvalue weighted by atomic mass is 10.1. The molecule has 1 aromatic heterocycles. The van der Waals surface area contributed by atoms with Crippen molar-refractivity contribution in [2.24, 2.45) is 0 Å². The molecule has 2 N–H and O–H groups in total. The number of nitrogens with one attached hydrogen (secondary N) is 1. The van der Waals surface area contributed by atoms with E-state index in [4.69, 9.17) is 9.84 Å². The topological polar surface area (TPSA) is 79.4 Å². The lowest BCUT2D eigenvalue weighted by Gasteiger charge is -2.00. The molecular formula is C14H12BrNO4. The van der Waals surface area contributed by atoms with Gasteiger partial charge in [0.05, 0.1) is 6.61 Å². The number of halogens is 1. The second kappa shape index (κ2) is 5.92. The zero-order valence-electron chi connectivity index (χ0n) is 10.6. The van der Waals surface area contributed by atoms with Gasteiger partial charge in [0.25, 0.3) is 0 Å². The van der Waals surface area contributed by atoms with Crippen molar-refractivity contribution in [3.8, 4) is 0 Å². The van der Waals surface area contributed by atoms with Crippen molar-refractivity contribution >= 4 is 44.8 Å². The van der Waals surface area contributed by atoms with Gasteiger partial charge in [-0.15, -0.1) is 0 Å². The van der Waals surface area contributed by atoms with Crippen LogP contribution in [0.2, 0.25) is 0 Å². The van der Waals surface area contributed by atoms with Gasteiger partial charge in [-0.1, -0.05) is 15.9 Å². The number of aromatic nitrogens is 1. The van der Waals surface area contributed by atoms with E-state index in [2.05, 4.69) is 20.9 Å². The van der Waals surface area contributed by atoms with E-state index in [9.17, 15) is 9.59 Å². The van der Waals surface area contributed by atoms with Crippen LogP contribution in [0.1, 0.15) is 23.0 Å². The fraction of sp³-hybridized carbons (Fsp3) is 0.143. The maximum absolute atomic E-state index is 11.9. The molecule has 6 heteroatoms. The highest BCUT2D eigenvalue weighted by Gasteiger charge is 2.17. The van der Waals surface area contributed by atoms with Gasteiger partial charge in [0, 0.05) is 27.0 Å². The van der Waals surface area contributed by atoms with Gasteiger partial charge in [-0.2, -0.15) is 0 Å². The molecular weight excluding hydrogens is 326 g/mol. The molecule has 1 heterocycles. The summed E-state index contributed by atoms with van der Waals surface area (Å²) in [6.07, 6.45) is 2.38. The second-order valence-electron chi connectivity index (χ2n) is 4.00. The van der Waals surface area contributed by atoms with Crippen LogP contribution in [-0.4, -0.2) is 28.6 Å². The Kier molecular flexibility index (Phi) is 4.24. The van der Waals surface area contributed by atoms with Crippen LogP contribution in [0.15, 0.2) is 28.7 Å². The molecule has 2 rings (SSSR count). The van der Waals surface area contributed by atoms with Gasteiger partial charge in [-0.3, -0.25) is 0 Å². The highest BCUT2D eigenvalue weighted by molar-refractivity contribution is 9.10. The Hall–Kier alpha value is -2.08. The van der Waals surface area contributed by atoms with Crippen LogP contribution in [-0.2, 0) is 9.53 Å². The van der Waals surface area contributed by atoms with E-state index in [1.807, 2.05) is 12.1 Å². The summed E-state index contributed by atoms with van der Waals surface area (Å²) in [4.78, 5) is 25.6. The first-order valence-electron chi connectivity index (χ1n) is 5.92. The Bertz CT molecular complexity index is 703. The number of fused-ring (bicyclic) bond motifs is 1. The van der Waals surface area contributed by atoms with E-state index in [0.29, 0.717) is 5.56 Å². The van der Waals surface area contributed by atoms with Gasteiger partial charge in [-0.25, -0.2) is 9.59 Å². The van der Waals surface area contributed by atoms with E-state index in [1.165, 1.54) is 6.08 Å². The van der Waals surface area contributed by atoms with Crippen molar-refractivity contribution in [3.05, 3.63) is 40.0 Å². The molecule has 5 nitrogen and oxygen atoms in total. The van der Waals surface area contributed by atoms with E-state index in [0.717, 1.165) is 21.5 Å². The summed E-state index contributed by atoms with van der Waals surface area (Å²) in [5.41, 5.74) is 1.49. The van der Waals surface area contributed by atoms with E-state index >= 15 is 0 Å². The van der Waals surface area contributed by atoms with Crippen molar-refractivity contribution in [3.63, 3.8) is 0 Å². The molecule has 0 aliphatic carbocycles. The van der Waals surface area contributed by atoms with Crippen molar-refractivity contribution in [1.82, 2.24) is 4.98 Å². The van der Waals surface area contributed by atoms with Crippen LogP contribution in [0.3, 0.4) is 0 Å². The second-order valence-corrected chi connectivity index (χ2v) is 4.91. The molecule has 0 amide bonds. The van der Waals surface area contributed by atoms with Gasteiger partial charge in [0.1, 0.15) is 5.69 Å². The van der Waals surface area contributed by atoms with Crippen molar-refractivity contribution < 1.29 is 19.4 Å². The number of carbonyl (C=O) groups is 2. The van der Waals surface area contributed by atoms with Crippen molar-refractivity contribution in [2.45, 2.75) is 6.92 Å². The summed E-state index contributed by atoms with van der Waals surface area (Å²) < 4.78 is 5.81. The normalized spacial score (nSPS) is 11.1. The number of carbonyl (C=O) groups excluding carboxylic acids is 1. The first-order valence-corrected chi connectivity index (χ1v) is 6.71. The number of hydrogen-bond donors (Lipinski definition) is 2. The fourth-order valence-corrected chi connectivity index (χ4v) is 2.24. The SMILES string of the molecule is CCOC(=O)c1[nH]c2ccc(Br)cc2c1/C=C\C(=O)O. The minimum atomic E-state index is -1.08. The average Bonchev–Trinajstić information content (AvgIpc) is 2.74. The predicted octanol–water partition coefficient (Wildman–Crippen LogP) is 3.20. The van der Waals surface area contributed by atoms with Crippen LogP contribution >= 0.6 is 15.9 Å². The number of benzene rings is 1. The molecule has 0 aliphatic heterocycles. The minimum Gasteiger partial charge on any atom is -0.478 e. The lowest BCUT2D eigenvalue weighted by Crippen LogP contribution is -2.06. The zero-order valence-corrected chi connectivity index (χ0v) is 12.2. The Morgan fingerprint density at radius 3 is 2.85 bits per heavy atom. The third-order valence-corrected chi connectivity index (χ3v) is 3.17. The number of carboxylic acid groups (broad SMARTS) is 1. The number of H-pyrrole nitrogens is 1. The van der Waals surface area contributed by atoms with E-state index in [-0.39, 0.29) is 12.3 Å². The standard InChI is InChI=1S/C14H12BrNO4/c1-2-20-14(19)13-9(4-6-12(17)18)10-7-8(15)3-5-11(10)16-13/h3-7,16H,2H2,1H3,(H,17,18)/b6-4-. The number of aliphatic carboxylic acids is 1. The molecule has 104 valence electrons. The van der Waals surface area contributed by atoms with Gasteiger partial charge in [0.2, 0.25) is 0 Å². The number of rotatable bonds is 4. The maximum atomic E-state index is 11.9. The molecule has 0 bridgehead atoms. The van der Waals surface area contributed by atoms with E-state index < -0.39 is 11.9 Å². The fourth-order valence-electron chi connectivity index (χ4n) is 1.88. The van der Waals surface area contributed by atoms with Gasteiger partial charge in [0.15, 0.2) is 0 Å². The highest BCUT2D eigenvalue weighted by atomic mass is 79.9. The number of hydrogen-bond acceptors (Lipinski definition) is 3. The minimum absolute atomic E-state index is 0.248. The summed E-state index contributed by atoms with van der Waals surface area (Å²) in [7, 11) is 0. The molecule has 0 aliphatic rings. The van der Waals surface area contributed by atoms with Crippen LogP contribution in [0.5, 0.6) is 0 Å². The van der Waals surface area contributed by atoms with Crippen LogP contribution < -0.4 is 0 Å². The smallest absolute Gasteiger partial charge is 0.355 e. The zero-order chi connectivity index (χ0) is 14.7. The van der Waals surface area contributed by atoms with E-state index in [1.54, 1.807) is 13.0 Å². The predicted molar refractivity (Wildman–Crippen MR) is 78.6 cm³/mol. The van der Waals surface area contributed by atoms with Gasteiger partial charge >= 0.3 is 11.9 Å². The lowest BCUT2D eigenvalue weighted by molar-refractivity contribution is -0.131. The van der Waals surface area contributed by atoms with Crippen LogP contribution in [0.4, 0.5) is 0 Å². The van der Waals surface area contributed by atoms with Crippen molar-refractivity contribution in [2.75, 3.05) is 6.61 Å². The van der Waals surface area contributed by atoms with Crippen molar-refractivity contribution in [1.29, 1.82) is 0 Å². The van der Waals surface area contributed by atoms with Crippen LogP contribution in [0.25, 0.3) is 17.0 Å². The quantitative estimate of drug-likeness (QED) is 0.663. The summed E-state index contributed by atoms with van der Waals surface area (Å²) >= 11 is 3.35. The van der Waals surface area contributed by atoms with Gasteiger partial charge < -0.3 is 14.8 Å². The summed E-state index contributed by atoms with van der Waals surface area (Å²) in [6.45, 7) is 1.96. The molecule has 0 spiro atoms. The summed E-state index contributed by atoms with van der Waals surface area (Å²) in [5, 5.41) is 9.50. The number of carboxylic acids is 1. The monoisotopic (exact) mass is 337 g/mol. The third-order valence-electron chi connectivity index (χ3n) is 2.67. The number of ether oxygens (including phenoxy) is 1. The first kappa shape index (κ1) is 14.3. The Morgan fingerprint density at radius 2 is 2.20 bits per heavy atom. The average molecular weight is 338 g/mol. The molecule has 0 atom stereocenters. The summed E-state index contributed by atoms with van der Waals surface area (Å²) in [6, 6.07) is 5.45. The largest absolute Gasteiger partial charge is 0.478 e. The molecule has 0 saturated heterocycles. The Balaban J connectivity index is 2.63. The molecule has 20 heavy (non-hydrogen) atoms. The molecule has 0 radical (unpaired) electrons. The molecule has 0 unspecified atom stereocenters. The summed E-state index contributed by atoms with van der Waals surface area (Å²) in [5.74, 6) is -1.59. The Morgan fingerprint density at radius 1 is 1.45 bits per heavy atom. The highest BCUT2D eigenvalue weighted by Crippen LogP contribution is 2.27. The molecule has 1 aromatic carbocycles. The molecule has 0 saturated carbocycles. The third kappa shape index (κ3) is 2.91. The first-order chi connectivity index (χ1) is 9.52. The molecule has 2 aromatic rings. The number of aromatic amines is 1. The van der Waals surface area contributed by atoms with Crippen LogP contribution in [0, 0.1) is 0 Å². The number of esters is 1. The van der Waals surface area contributed by atoms with Gasteiger partial charge in [-0.05, 0) is 31.2 Å². The Labute approximate surface area is 123 Å². The maximum Gasteiger partial charge on any atom is 0.355 e. The molecule has 0 fully saturated rings.